The molecule has 0 aromatic carbocycles. The van der Waals surface area contributed by atoms with Crippen molar-refractivity contribution >= 4 is 29.3 Å². The highest BCUT2D eigenvalue weighted by Crippen LogP contribution is 2.61. The number of carbonyl (C=O) groups is 2. The van der Waals surface area contributed by atoms with E-state index in [0.29, 0.717) is 10.8 Å². The van der Waals surface area contributed by atoms with E-state index in [1.165, 1.54) is 4.90 Å². The van der Waals surface area contributed by atoms with Crippen LogP contribution < -0.4 is 4.90 Å². The molecule has 5 atom stereocenters. The second-order valence-electron chi connectivity index (χ2n) is 7.29. The summed E-state index contributed by atoms with van der Waals surface area (Å²) in [5, 5.41) is 4.27. The van der Waals surface area contributed by atoms with Crippen LogP contribution >= 0.6 is 11.6 Å². The van der Waals surface area contributed by atoms with Crippen LogP contribution in [0.3, 0.4) is 0 Å². The van der Waals surface area contributed by atoms with Crippen molar-refractivity contribution in [1.82, 2.24) is 10.1 Å². The Labute approximate surface area is 149 Å². The maximum Gasteiger partial charge on any atom is 0.240 e. The molecule has 2 amide bonds. The van der Waals surface area contributed by atoms with Crippen molar-refractivity contribution in [2.75, 3.05) is 4.90 Å². The summed E-state index contributed by atoms with van der Waals surface area (Å²) in [6, 6.07) is 5.40. The molecular weight excluding hydrogens is 342 g/mol. The van der Waals surface area contributed by atoms with E-state index >= 15 is 0 Å². The Kier molecular flexibility index (Phi) is 3.10. The molecule has 2 bridgehead atoms. The van der Waals surface area contributed by atoms with Crippen molar-refractivity contribution in [3.8, 4) is 0 Å². The Balaban J connectivity index is 1.48. The molecule has 2 aromatic rings. The van der Waals surface area contributed by atoms with Crippen LogP contribution in [0, 0.1) is 30.6 Å². The van der Waals surface area contributed by atoms with Crippen LogP contribution in [0.15, 0.2) is 28.9 Å². The number of rotatable bonds is 2. The summed E-state index contributed by atoms with van der Waals surface area (Å²) in [6.07, 6.45) is 3.63. The number of carbonyl (C=O) groups excluding carboxylic acids is 2. The highest BCUT2D eigenvalue weighted by atomic mass is 35.5. The molecule has 128 valence electrons. The zero-order chi connectivity index (χ0) is 17.3. The minimum atomic E-state index is -0.266. The van der Waals surface area contributed by atoms with Gasteiger partial charge in [0.2, 0.25) is 17.7 Å². The van der Waals surface area contributed by atoms with Gasteiger partial charge in [0.15, 0.2) is 0 Å². The van der Waals surface area contributed by atoms with E-state index in [1.807, 2.05) is 6.07 Å². The average Bonchev–Trinajstić information content (AvgIpc) is 3.32. The summed E-state index contributed by atoms with van der Waals surface area (Å²) in [7, 11) is 0. The monoisotopic (exact) mass is 357 g/mol. The smallest absolute Gasteiger partial charge is 0.240 e. The first-order chi connectivity index (χ1) is 12.0. The predicted octanol–water partition coefficient (Wildman–Crippen LogP) is 2.96. The van der Waals surface area contributed by atoms with E-state index in [9.17, 15) is 9.59 Å². The van der Waals surface area contributed by atoms with Gasteiger partial charge in [-0.3, -0.25) is 9.59 Å². The van der Waals surface area contributed by atoms with Crippen LogP contribution in [-0.2, 0) is 9.59 Å². The molecule has 7 heteroatoms. The summed E-state index contributed by atoms with van der Waals surface area (Å²) < 4.78 is 5.18. The number of amides is 2. The largest absolute Gasteiger partial charge is 0.338 e. The number of pyridine rings is 1. The summed E-state index contributed by atoms with van der Waals surface area (Å²) in [5.41, 5.74) is 1.75. The molecule has 25 heavy (non-hydrogen) atoms. The molecule has 3 heterocycles. The van der Waals surface area contributed by atoms with Gasteiger partial charge in [-0.2, -0.15) is 0 Å². The maximum atomic E-state index is 13.0. The van der Waals surface area contributed by atoms with E-state index in [0.717, 1.165) is 18.4 Å². The summed E-state index contributed by atoms with van der Waals surface area (Å²) >= 11 is 5.88. The second kappa shape index (κ2) is 5.14. The number of fused-ring (bicyclic) bond motifs is 5. The van der Waals surface area contributed by atoms with Gasteiger partial charge in [-0.25, -0.2) is 9.88 Å². The number of hydrogen-bond acceptors (Lipinski definition) is 5. The van der Waals surface area contributed by atoms with Gasteiger partial charge in [0.1, 0.15) is 5.15 Å². The normalized spacial score (nSPS) is 33.4. The molecule has 0 radical (unpaired) electrons. The molecule has 6 nitrogen and oxygen atoms in total. The van der Waals surface area contributed by atoms with Crippen LogP contribution in [0.25, 0.3) is 0 Å². The fourth-order valence-electron chi connectivity index (χ4n) is 5.12. The molecule has 2 saturated carbocycles. The number of hydrogen-bond donors (Lipinski definition) is 0. The van der Waals surface area contributed by atoms with Gasteiger partial charge in [0, 0.05) is 12.3 Å². The van der Waals surface area contributed by atoms with Crippen LogP contribution in [-0.4, -0.2) is 22.0 Å². The van der Waals surface area contributed by atoms with Crippen LogP contribution in [0.2, 0.25) is 5.15 Å². The SMILES string of the molecule is Cc1cc(N2C(=O)[C@@H]3[C@@H]4CC(c5ccc(Cl)nc5)[C@@H](C4)[C@@H]3C2=O)on1. The molecule has 5 rings (SSSR count). The molecule has 3 fully saturated rings. The number of aromatic nitrogens is 2. The summed E-state index contributed by atoms with van der Waals surface area (Å²) in [6.45, 7) is 1.77. The third-order valence-electron chi connectivity index (χ3n) is 6.03. The van der Waals surface area contributed by atoms with Gasteiger partial charge >= 0.3 is 0 Å². The maximum absolute atomic E-state index is 13.0. The van der Waals surface area contributed by atoms with Gasteiger partial charge in [-0.1, -0.05) is 22.8 Å². The number of halogens is 1. The Morgan fingerprint density at radius 1 is 1.20 bits per heavy atom. The fourth-order valence-corrected chi connectivity index (χ4v) is 5.23. The first-order valence-corrected chi connectivity index (χ1v) is 8.85. The molecule has 0 N–H and O–H groups in total. The van der Waals surface area contributed by atoms with E-state index in [-0.39, 0.29) is 47.3 Å². The van der Waals surface area contributed by atoms with E-state index in [2.05, 4.69) is 10.1 Å². The molecule has 0 spiro atoms. The van der Waals surface area contributed by atoms with E-state index in [1.54, 1.807) is 25.3 Å². The predicted molar refractivity (Wildman–Crippen MR) is 88.9 cm³/mol. The Morgan fingerprint density at radius 2 is 2.00 bits per heavy atom. The lowest BCUT2D eigenvalue weighted by molar-refractivity contribution is -0.123. The molecule has 3 aliphatic rings. The number of imide groups is 1. The van der Waals surface area contributed by atoms with Crippen LogP contribution in [0.5, 0.6) is 0 Å². The molecular formula is C18H16ClN3O3. The second-order valence-corrected chi connectivity index (χ2v) is 7.67. The Bertz CT molecular complexity index is 878. The van der Waals surface area contributed by atoms with Gasteiger partial charge < -0.3 is 4.52 Å². The first-order valence-electron chi connectivity index (χ1n) is 8.47. The number of anilines is 1. The molecule has 1 unspecified atom stereocenters. The lowest BCUT2D eigenvalue weighted by atomic mass is 9.73. The topological polar surface area (TPSA) is 76.3 Å². The Hall–Kier alpha value is -2.21. The fraction of sp³-hybridized carbons (Fsp3) is 0.444. The molecule has 2 aromatic heterocycles. The highest BCUT2D eigenvalue weighted by Gasteiger charge is 2.64. The van der Waals surface area contributed by atoms with Gasteiger partial charge in [-0.05, 0) is 49.1 Å². The van der Waals surface area contributed by atoms with Crippen molar-refractivity contribution < 1.29 is 14.1 Å². The lowest BCUT2D eigenvalue weighted by Gasteiger charge is -2.28. The van der Waals surface area contributed by atoms with Crippen molar-refractivity contribution in [3.63, 3.8) is 0 Å². The highest BCUT2D eigenvalue weighted by molar-refractivity contribution is 6.29. The van der Waals surface area contributed by atoms with Gasteiger partial charge in [0.05, 0.1) is 17.5 Å². The van der Waals surface area contributed by atoms with Crippen molar-refractivity contribution in [2.45, 2.75) is 25.7 Å². The average molecular weight is 358 g/mol. The van der Waals surface area contributed by atoms with E-state index in [4.69, 9.17) is 16.1 Å². The van der Waals surface area contributed by atoms with Crippen LogP contribution in [0.4, 0.5) is 5.88 Å². The molecule has 1 saturated heterocycles. The van der Waals surface area contributed by atoms with Crippen molar-refractivity contribution in [3.05, 3.63) is 40.8 Å². The zero-order valence-electron chi connectivity index (χ0n) is 13.6. The molecule has 2 aliphatic carbocycles. The van der Waals surface area contributed by atoms with Crippen molar-refractivity contribution in [1.29, 1.82) is 0 Å². The number of nitrogens with zero attached hydrogens (tertiary/aromatic N) is 3. The lowest BCUT2D eigenvalue weighted by Crippen LogP contribution is -2.32. The summed E-state index contributed by atoms with van der Waals surface area (Å²) in [5.74, 6) is 0.133. The minimum Gasteiger partial charge on any atom is -0.338 e. The standard InChI is InChI=1S/C18H16ClN3O3/c1-8-4-14(25-21-8)22-17(23)15-10-5-11(9-2-3-13(19)20-7-9)12(6-10)16(15)18(22)24/h2-4,7,10-12,15-16H,5-6H2,1H3/t10-,11?,12-,15-,16+/m1/s1. The van der Waals surface area contributed by atoms with Crippen LogP contribution in [0.1, 0.15) is 30.0 Å². The van der Waals surface area contributed by atoms with Crippen molar-refractivity contribution in [2.24, 2.45) is 23.7 Å². The van der Waals surface area contributed by atoms with Gasteiger partial charge in [0.25, 0.3) is 0 Å². The van der Waals surface area contributed by atoms with Gasteiger partial charge in [-0.15, -0.1) is 0 Å². The molecule has 1 aliphatic heterocycles. The van der Waals surface area contributed by atoms with E-state index < -0.39 is 0 Å². The third-order valence-corrected chi connectivity index (χ3v) is 6.25. The minimum absolute atomic E-state index is 0.133. The number of aryl methyl sites for hydroxylation is 1. The zero-order valence-corrected chi connectivity index (χ0v) is 14.3. The Morgan fingerprint density at radius 3 is 2.68 bits per heavy atom. The summed E-state index contributed by atoms with van der Waals surface area (Å²) in [4.78, 5) is 31.3. The third kappa shape index (κ3) is 2.03. The first kappa shape index (κ1) is 15.1. The quantitative estimate of drug-likeness (QED) is 0.610.